The number of carbonyl (C=O) groups is 2. The maximum atomic E-state index is 12.8. The van der Waals surface area contributed by atoms with Gasteiger partial charge in [0.1, 0.15) is 0 Å². The maximum Gasteiger partial charge on any atom is 0.314 e. The van der Waals surface area contributed by atoms with E-state index in [0.29, 0.717) is 18.7 Å². The van der Waals surface area contributed by atoms with E-state index < -0.39 is 0 Å². The lowest BCUT2D eigenvalue weighted by Crippen LogP contribution is -2.48. The van der Waals surface area contributed by atoms with Crippen LogP contribution < -0.4 is 20.9 Å². The summed E-state index contributed by atoms with van der Waals surface area (Å²) in [6.45, 7) is 9.01. The second kappa shape index (κ2) is 11.0. The number of benzene rings is 1. The Hall–Kier alpha value is -2.32. The number of hydrogen-bond acceptors (Lipinski definition) is 5. The first kappa shape index (κ1) is 21.4. The van der Waals surface area contributed by atoms with E-state index >= 15 is 0 Å². The minimum Gasteiger partial charge on any atom is -0.379 e. The van der Waals surface area contributed by atoms with Crippen LogP contribution in [-0.2, 0) is 4.74 Å². The van der Waals surface area contributed by atoms with Gasteiger partial charge < -0.3 is 25.6 Å². The van der Waals surface area contributed by atoms with Gasteiger partial charge in [-0.1, -0.05) is 12.1 Å². The standard InChI is InChI=1S/C21H33N5O3/c1-2-22-21(28)24-17-7-10-26(11-8-17)19-6-4-3-5-18(19)20(27)23-9-12-25-13-15-29-16-14-25/h3-6,17H,2,7-16H2,1H3,(H,23,27)(H2,22,24,28). The van der Waals surface area contributed by atoms with E-state index in [2.05, 4.69) is 25.8 Å². The molecular formula is C21H33N5O3. The molecule has 0 aliphatic carbocycles. The van der Waals surface area contributed by atoms with Gasteiger partial charge >= 0.3 is 6.03 Å². The van der Waals surface area contributed by atoms with E-state index in [1.165, 1.54) is 0 Å². The minimum absolute atomic E-state index is 0.0311. The third kappa shape index (κ3) is 6.33. The molecule has 2 aliphatic rings. The van der Waals surface area contributed by atoms with Gasteiger partial charge in [0.25, 0.3) is 5.91 Å². The summed E-state index contributed by atoms with van der Waals surface area (Å²) >= 11 is 0. The molecule has 160 valence electrons. The molecule has 0 unspecified atom stereocenters. The molecule has 1 aromatic carbocycles. The van der Waals surface area contributed by atoms with E-state index in [1.54, 1.807) is 0 Å². The van der Waals surface area contributed by atoms with Crippen molar-refractivity contribution in [3.05, 3.63) is 29.8 Å². The Morgan fingerprint density at radius 1 is 1.07 bits per heavy atom. The van der Waals surface area contributed by atoms with E-state index in [-0.39, 0.29) is 18.0 Å². The van der Waals surface area contributed by atoms with Crippen molar-refractivity contribution in [3.8, 4) is 0 Å². The van der Waals surface area contributed by atoms with Gasteiger partial charge in [-0.15, -0.1) is 0 Å². The summed E-state index contributed by atoms with van der Waals surface area (Å²) in [6, 6.07) is 7.84. The first-order valence-electron chi connectivity index (χ1n) is 10.6. The second-order valence-electron chi connectivity index (χ2n) is 7.49. The number of anilines is 1. The zero-order valence-electron chi connectivity index (χ0n) is 17.3. The predicted octanol–water partition coefficient (Wildman–Crippen LogP) is 1.04. The van der Waals surface area contributed by atoms with Crippen LogP contribution in [0, 0.1) is 0 Å². The zero-order valence-corrected chi connectivity index (χ0v) is 17.3. The molecule has 29 heavy (non-hydrogen) atoms. The topological polar surface area (TPSA) is 85.9 Å². The molecule has 2 heterocycles. The van der Waals surface area contributed by atoms with Crippen LogP contribution in [0.2, 0.25) is 0 Å². The van der Waals surface area contributed by atoms with Crippen molar-refractivity contribution in [2.24, 2.45) is 0 Å². The van der Waals surface area contributed by atoms with Gasteiger partial charge in [-0.2, -0.15) is 0 Å². The average molecular weight is 404 g/mol. The van der Waals surface area contributed by atoms with Crippen LogP contribution in [0.3, 0.4) is 0 Å². The number of ether oxygens (including phenoxy) is 1. The highest BCUT2D eigenvalue weighted by atomic mass is 16.5. The highest BCUT2D eigenvalue weighted by molar-refractivity contribution is 5.99. The van der Waals surface area contributed by atoms with Gasteiger partial charge in [0.05, 0.1) is 18.8 Å². The summed E-state index contributed by atoms with van der Waals surface area (Å²) in [6.07, 6.45) is 1.73. The Morgan fingerprint density at radius 3 is 2.52 bits per heavy atom. The summed E-state index contributed by atoms with van der Waals surface area (Å²) in [5, 5.41) is 8.86. The summed E-state index contributed by atoms with van der Waals surface area (Å²) in [5.74, 6) is -0.0311. The van der Waals surface area contributed by atoms with Crippen molar-refractivity contribution in [3.63, 3.8) is 0 Å². The molecule has 0 saturated carbocycles. The monoisotopic (exact) mass is 403 g/mol. The number of carbonyl (C=O) groups excluding carboxylic acids is 2. The van der Waals surface area contributed by atoms with Gasteiger partial charge in [-0.3, -0.25) is 9.69 Å². The molecule has 8 nitrogen and oxygen atoms in total. The van der Waals surface area contributed by atoms with E-state index in [4.69, 9.17) is 4.74 Å². The first-order valence-corrected chi connectivity index (χ1v) is 10.6. The van der Waals surface area contributed by atoms with Crippen molar-refractivity contribution in [2.45, 2.75) is 25.8 Å². The maximum absolute atomic E-state index is 12.8. The zero-order chi connectivity index (χ0) is 20.5. The predicted molar refractivity (Wildman–Crippen MR) is 113 cm³/mol. The molecule has 0 aromatic heterocycles. The molecule has 2 fully saturated rings. The lowest BCUT2D eigenvalue weighted by atomic mass is 10.0. The molecule has 0 bridgehead atoms. The largest absolute Gasteiger partial charge is 0.379 e. The van der Waals surface area contributed by atoms with Crippen molar-refractivity contribution in [1.29, 1.82) is 0 Å². The van der Waals surface area contributed by atoms with Crippen molar-refractivity contribution in [1.82, 2.24) is 20.9 Å². The first-order chi connectivity index (χ1) is 14.2. The third-order valence-corrected chi connectivity index (χ3v) is 5.47. The molecule has 3 rings (SSSR count). The van der Waals surface area contributed by atoms with Crippen molar-refractivity contribution < 1.29 is 14.3 Å². The second-order valence-corrected chi connectivity index (χ2v) is 7.49. The number of piperidine rings is 1. The highest BCUT2D eigenvalue weighted by Crippen LogP contribution is 2.24. The fraction of sp³-hybridized carbons (Fsp3) is 0.619. The smallest absolute Gasteiger partial charge is 0.314 e. The van der Waals surface area contributed by atoms with Crippen LogP contribution in [0.15, 0.2) is 24.3 Å². The SMILES string of the molecule is CCNC(=O)NC1CCN(c2ccccc2C(=O)NCCN2CCOCC2)CC1. The number of morpholine rings is 1. The van der Waals surface area contributed by atoms with Gasteiger partial charge in [-0.05, 0) is 31.9 Å². The Kier molecular flexibility index (Phi) is 8.13. The van der Waals surface area contributed by atoms with Gasteiger partial charge in [-0.25, -0.2) is 4.79 Å². The summed E-state index contributed by atoms with van der Waals surface area (Å²) in [7, 11) is 0. The van der Waals surface area contributed by atoms with E-state index in [0.717, 1.165) is 64.5 Å². The highest BCUT2D eigenvalue weighted by Gasteiger charge is 2.23. The van der Waals surface area contributed by atoms with Crippen LogP contribution in [0.25, 0.3) is 0 Å². The number of rotatable bonds is 7. The van der Waals surface area contributed by atoms with Crippen LogP contribution in [-0.4, -0.2) is 81.9 Å². The number of hydrogen-bond donors (Lipinski definition) is 3. The quantitative estimate of drug-likeness (QED) is 0.633. The number of nitrogens with zero attached hydrogens (tertiary/aromatic N) is 2. The van der Waals surface area contributed by atoms with Gasteiger partial charge in [0.15, 0.2) is 0 Å². The van der Waals surface area contributed by atoms with Crippen LogP contribution in [0.5, 0.6) is 0 Å². The molecule has 1 aromatic rings. The Bertz CT molecular complexity index is 670. The number of nitrogens with one attached hydrogen (secondary N) is 3. The van der Waals surface area contributed by atoms with Crippen LogP contribution >= 0.6 is 0 Å². The Balaban J connectivity index is 1.50. The molecule has 3 N–H and O–H groups in total. The number of amides is 3. The van der Waals surface area contributed by atoms with E-state index in [9.17, 15) is 9.59 Å². The fourth-order valence-electron chi connectivity index (χ4n) is 3.85. The Morgan fingerprint density at radius 2 is 1.79 bits per heavy atom. The molecule has 0 spiro atoms. The van der Waals surface area contributed by atoms with Crippen molar-refractivity contribution >= 4 is 17.6 Å². The molecule has 0 radical (unpaired) electrons. The lowest BCUT2D eigenvalue weighted by molar-refractivity contribution is 0.0383. The normalized spacial score (nSPS) is 18.3. The van der Waals surface area contributed by atoms with Gasteiger partial charge in [0.2, 0.25) is 0 Å². The summed E-state index contributed by atoms with van der Waals surface area (Å²) < 4.78 is 5.36. The van der Waals surface area contributed by atoms with Gasteiger partial charge in [0, 0.05) is 57.5 Å². The molecule has 2 aliphatic heterocycles. The number of para-hydroxylation sites is 1. The minimum atomic E-state index is -0.106. The van der Waals surface area contributed by atoms with Crippen LogP contribution in [0.4, 0.5) is 10.5 Å². The molecular weight excluding hydrogens is 370 g/mol. The molecule has 3 amide bonds. The van der Waals surface area contributed by atoms with E-state index in [1.807, 2.05) is 31.2 Å². The molecule has 2 saturated heterocycles. The average Bonchev–Trinajstić information content (AvgIpc) is 2.75. The van der Waals surface area contributed by atoms with Crippen LogP contribution in [0.1, 0.15) is 30.1 Å². The summed E-state index contributed by atoms with van der Waals surface area (Å²) in [5.41, 5.74) is 1.68. The lowest BCUT2D eigenvalue weighted by Gasteiger charge is -2.35. The number of urea groups is 1. The summed E-state index contributed by atoms with van der Waals surface area (Å²) in [4.78, 5) is 29.1. The fourth-order valence-corrected chi connectivity index (χ4v) is 3.85. The van der Waals surface area contributed by atoms with Crippen molar-refractivity contribution in [2.75, 3.05) is 63.9 Å². The molecule has 0 atom stereocenters. The Labute approximate surface area is 172 Å². The third-order valence-electron chi connectivity index (χ3n) is 5.47. The molecule has 8 heteroatoms.